The maximum absolute atomic E-state index is 13.3. The molecule has 1 amide bonds. The van der Waals surface area contributed by atoms with Crippen molar-refractivity contribution in [1.82, 2.24) is 15.2 Å². The van der Waals surface area contributed by atoms with Crippen LogP contribution < -0.4 is 10.1 Å². The van der Waals surface area contributed by atoms with Gasteiger partial charge in [0.25, 0.3) is 15.9 Å². The number of allylic oxidation sites excluding steroid dienone is 1. The third-order valence-corrected chi connectivity index (χ3v) is 9.02. The summed E-state index contributed by atoms with van der Waals surface area (Å²) in [6.45, 7) is 4.93. The Balaban J connectivity index is 1.41. The number of hydrazine groups is 1. The van der Waals surface area contributed by atoms with E-state index in [1.165, 1.54) is 6.07 Å². The fraction of sp³-hybridized carbons (Fsp3) is 0.222. The molecule has 0 saturated heterocycles. The molecule has 0 spiro atoms. The van der Waals surface area contributed by atoms with E-state index in [-0.39, 0.29) is 29.1 Å². The standard InChI is InChI=1S/C36H37N3O5S/c1-3-23-39-32(34(36(41)44-4-2)31(37-39)24-26-13-7-5-8-14-26)25-27-19-21-28(22-20-27)30-17-11-12-18-33(30)45(42,43)38-35(40)29-15-9-6-10-16-29/h5-22,32,37H,3-4,23-25H2,1-2H3,(H,38,40). The Morgan fingerprint density at radius 2 is 1.47 bits per heavy atom. The molecule has 0 aromatic heterocycles. The molecule has 4 aromatic carbocycles. The highest BCUT2D eigenvalue weighted by Crippen LogP contribution is 2.31. The van der Waals surface area contributed by atoms with Crippen molar-refractivity contribution in [2.45, 2.75) is 44.0 Å². The molecule has 2 N–H and O–H groups in total. The van der Waals surface area contributed by atoms with Gasteiger partial charge in [-0.15, -0.1) is 0 Å². The Kier molecular flexibility index (Phi) is 10.1. The van der Waals surface area contributed by atoms with Crippen LogP contribution in [0.1, 0.15) is 41.8 Å². The maximum atomic E-state index is 13.3. The van der Waals surface area contributed by atoms with E-state index in [1.807, 2.05) is 54.6 Å². The van der Waals surface area contributed by atoms with Crippen molar-refractivity contribution in [2.24, 2.45) is 0 Å². The third-order valence-electron chi connectivity index (χ3n) is 7.63. The SMILES string of the molecule is CCCN1NC(Cc2ccccc2)=C(C(=O)OCC)C1Cc1ccc(-c2ccccc2S(=O)(=O)NC(=O)c2ccccc2)cc1. The van der Waals surface area contributed by atoms with E-state index >= 15 is 0 Å². The zero-order valence-electron chi connectivity index (χ0n) is 25.4. The van der Waals surface area contributed by atoms with Crippen LogP contribution in [0.4, 0.5) is 0 Å². The Bertz CT molecular complexity index is 1770. The molecule has 9 heteroatoms. The molecule has 5 rings (SSSR count). The fourth-order valence-electron chi connectivity index (χ4n) is 5.54. The van der Waals surface area contributed by atoms with Crippen molar-refractivity contribution in [3.8, 4) is 11.1 Å². The lowest BCUT2D eigenvalue weighted by Gasteiger charge is -2.26. The minimum atomic E-state index is -4.16. The quantitative estimate of drug-likeness (QED) is 0.196. The summed E-state index contributed by atoms with van der Waals surface area (Å²) in [5.41, 5.74) is 8.46. The number of rotatable bonds is 12. The van der Waals surface area contributed by atoms with Crippen LogP contribution in [0.2, 0.25) is 0 Å². The first-order valence-electron chi connectivity index (χ1n) is 15.1. The van der Waals surface area contributed by atoms with Gasteiger partial charge in [0.1, 0.15) is 0 Å². The normalized spacial score (nSPS) is 15.0. The van der Waals surface area contributed by atoms with Gasteiger partial charge >= 0.3 is 5.97 Å². The van der Waals surface area contributed by atoms with Crippen molar-refractivity contribution >= 4 is 21.9 Å². The summed E-state index contributed by atoms with van der Waals surface area (Å²) in [6.07, 6.45) is 2.02. The molecule has 0 aliphatic carbocycles. The Morgan fingerprint density at radius 3 is 2.13 bits per heavy atom. The summed E-state index contributed by atoms with van der Waals surface area (Å²) >= 11 is 0. The number of nitrogens with zero attached hydrogens (tertiary/aromatic N) is 1. The summed E-state index contributed by atoms with van der Waals surface area (Å²) in [4.78, 5) is 26.0. The monoisotopic (exact) mass is 623 g/mol. The summed E-state index contributed by atoms with van der Waals surface area (Å²) in [5.74, 6) is -1.02. The van der Waals surface area contributed by atoms with Crippen molar-refractivity contribution < 1.29 is 22.7 Å². The first kappa shape index (κ1) is 31.7. The second-order valence-corrected chi connectivity index (χ2v) is 12.4. The second kappa shape index (κ2) is 14.4. The van der Waals surface area contributed by atoms with Gasteiger partial charge in [-0.05, 0) is 54.7 Å². The van der Waals surface area contributed by atoms with Gasteiger partial charge in [0.05, 0.1) is 23.1 Å². The van der Waals surface area contributed by atoms with Crippen molar-refractivity contribution in [3.63, 3.8) is 0 Å². The molecule has 4 aromatic rings. The van der Waals surface area contributed by atoms with E-state index in [0.29, 0.717) is 29.5 Å². The summed E-state index contributed by atoms with van der Waals surface area (Å²) in [5, 5.41) is 2.11. The molecule has 1 atom stereocenters. The first-order valence-corrected chi connectivity index (χ1v) is 16.6. The molecule has 0 bridgehead atoms. The van der Waals surface area contributed by atoms with E-state index in [2.05, 4.69) is 22.1 Å². The van der Waals surface area contributed by atoms with Crippen molar-refractivity contribution in [1.29, 1.82) is 0 Å². The maximum Gasteiger partial charge on any atom is 0.337 e. The Morgan fingerprint density at radius 1 is 0.822 bits per heavy atom. The topological polar surface area (TPSA) is 105 Å². The predicted octanol–water partition coefficient (Wildman–Crippen LogP) is 5.67. The molecule has 1 aliphatic rings. The number of esters is 1. The zero-order valence-corrected chi connectivity index (χ0v) is 26.2. The Hall–Kier alpha value is -4.73. The third kappa shape index (κ3) is 7.50. The average molecular weight is 624 g/mol. The smallest absolute Gasteiger partial charge is 0.337 e. The van der Waals surface area contributed by atoms with Gasteiger partial charge in [-0.2, -0.15) is 0 Å². The molecular weight excluding hydrogens is 586 g/mol. The molecule has 0 fully saturated rings. The van der Waals surface area contributed by atoms with Crippen LogP contribution >= 0.6 is 0 Å². The molecular formula is C36H37N3O5S. The number of carbonyl (C=O) groups is 2. The molecule has 0 radical (unpaired) electrons. The van der Waals surface area contributed by atoms with Gasteiger partial charge < -0.3 is 10.2 Å². The van der Waals surface area contributed by atoms with Crippen LogP contribution in [0.5, 0.6) is 0 Å². The number of amides is 1. The largest absolute Gasteiger partial charge is 0.463 e. The van der Waals surface area contributed by atoms with Gasteiger partial charge in [0, 0.05) is 29.8 Å². The van der Waals surface area contributed by atoms with Gasteiger partial charge in [0.15, 0.2) is 0 Å². The van der Waals surface area contributed by atoms with E-state index in [9.17, 15) is 18.0 Å². The highest BCUT2D eigenvalue weighted by molar-refractivity contribution is 7.90. The lowest BCUT2D eigenvalue weighted by molar-refractivity contribution is -0.139. The van der Waals surface area contributed by atoms with Gasteiger partial charge in [0.2, 0.25) is 0 Å². The highest BCUT2D eigenvalue weighted by Gasteiger charge is 2.37. The van der Waals surface area contributed by atoms with Crippen LogP contribution in [0, 0.1) is 0 Å². The Labute approximate surface area is 264 Å². The van der Waals surface area contributed by atoms with Gasteiger partial charge in [-0.25, -0.2) is 22.9 Å². The number of ether oxygens (including phenoxy) is 1. The van der Waals surface area contributed by atoms with E-state index in [4.69, 9.17) is 4.74 Å². The van der Waals surface area contributed by atoms with E-state index in [0.717, 1.165) is 29.8 Å². The number of carbonyl (C=O) groups excluding carboxylic acids is 2. The summed E-state index contributed by atoms with van der Waals surface area (Å²) < 4.78 is 34.4. The molecule has 0 saturated carbocycles. The predicted molar refractivity (Wildman–Crippen MR) is 174 cm³/mol. The van der Waals surface area contributed by atoms with Crippen LogP contribution in [-0.4, -0.2) is 44.5 Å². The molecule has 1 aliphatic heterocycles. The van der Waals surface area contributed by atoms with Crippen molar-refractivity contribution in [2.75, 3.05) is 13.2 Å². The molecule has 1 heterocycles. The number of nitrogens with one attached hydrogen (secondary N) is 2. The number of benzene rings is 4. The molecule has 8 nitrogen and oxygen atoms in total. The number of sulfonamides is 1. The lowest BCUT2D eigenvalue weighted by Crippen LogP contribution is -2.42. The lowest BCUT2D eigenvalue weighted by atomic mass is 9.95. The van der Waals surface area contributed by atoms with Crippen molar-refractivity contribution in [3.05, 3.63) is 137 Å². The first-order chi connectivity index (χ1) is 21.8. The second-order valence-electron chi connectivity index (χ2n) is 10.8. The highest BCUT2D eigenvalue weighted by atomic mass is 32.2. The number of hydrogen-bond donors (Lipinski definition) is 2. The average Bonchev–Trinajstić information content (AvgIpc) is 3.38. The zero-order chi connectivity index (χ0) is 31.8. The van der Waals surface area contributed by atoms with Gasteiger partial charge in [-0.1, -0.05) is 97.9 Å². The molecule has 232 valence electrons. The van der Waals surface area contributed by atoms with E-state index in [1.54, 1.807) is 55.5 Å². The molecule has 45 heavy (non-hydrogen) atoms. The number of hydrogen-bond acceptors (Lipinski definition) is 7. The van der Waals surface area contributed by atoms with E-state index < -0.39 is 15.9 Å². The minimum Gasteiger partial charge on any atom is -0.463 e. The van der Waals surface area contributed by atoms with Crippen LogP contribution in [-0.2, 0) is 32.4 Å². The molecule has 1 unspecified atom stereocenters. The fourth-order valence-corrected chi connectivity index (χ4v) is 6.75. The van der Waals surface area contributed by atoms with Crippen LogP contribution in [0.15, 0.2) is 125 Å². The van der Waals surface area contributed by atoms with Gasteiger partial charge in [-0.3, -0.25) is 4.79 Å². The van der Waals surface area contributed by atoms with Crippen LogP contribution in [0.3, 0.4) is 0 Å². The minimum absolute atomic E-state index is 0.00855. The summed E-state index contributed by atoms with van der Waals surface area (Å²) in [7, 11) is -4.16. The van der Waals surface area contributed by atoms with Crippen LogP contribution in [0.25, 0.3) is 11.1 Å². The summed E-state index contributed by atoms with van der Waals surface area (Å²) in [6, 6.07) is 32.2.